The number of aromatic nitrogens is 2. The van der Waals surface area contributed by atoms with Crippen LogP contribution in [0.5, 0.6) is 0 Å². The molecule has 2 aromatic rings. The molecule has 1 aromatic carbocycles. The van der Waals surface area contributed by atoms with Crippen LogP contribution in [0.3, 0.4) is 0 Å². The molecule has 0 saturated heterocycles. The Kier molecular flexibility index (Phi) is 3.88. The van der Waals surface area contributed by atoms with Gasteiger partial charge >= 0.3 is 6.18 Å². The van der Waals surface area contributed by atoms with Crippen LogP contribution in [0.1, 0.15) is 21.6 Å². The number of carbonyl (C=O) groups excluding carboxylic acids is 1. The van der Waals surface area contributed by atoms with Gasteiger partial charge in [0, 0.05) is 19.7 Å². The number of hydrogen-bond acceptors (Lipinski definition) is 3. The van der Waals surface area contributed by atoms with Crippen molar-refractivity contribution < 1.29 is 18.0 Å². The Morgan fingerprint density at radius 2 is 1.95 bits per heavy atom. The minimum Gasteiger partial charge on any atom is -0.382 e. The van der Waals surface area contributed by atoms with Crippen molar-refractivity contribution >= 4 is 11.7 Å². The van der Waals surface area contributed by atoms with Crippen molar-refractivity contribution in [1.82, 2.24) is 15.1 Å². The molecule has 5 nitrogen and oxygen atoms in total. The maximum absolute atomic E-state index is 12.4. The first-order valence-corrected chi connectivity index (χ1v) is 6.00. The maximum Gasteiger partial charge on any atom is 0.416 e. The molecular weight excluding hydrogens is 285 g/mol. The highest BCUT2D eigenvalue weighted by molar-refractivity contribution is 5.92. The zero-order valence-electron chi connectivity index (χ0n) is 11.1. The van der Waals surface area contributed by atoms with E-state index in [1.165, 1.54) is 30.1 Å². The first-order valence-electron chi connectivity index (χ1n) is 6.00. The van der Waals surface area contributed by atoms with Crippen LogP contribution in [0, 0.1) is 0 Å². The number of nitrogens with zero attached hydrogens (tertiary/aromatic N) is 2. The number of halogens is 3. The van der Waals surface area contributed by atoms with Crippen molar-refractivity contribution in [3.8, 4) is 0 Å². The summed E-state index contributed by atoms with van der Waals surface area (Å²) >= 11 is 0. The molecular formula is C13H13F3N4O. The molecule has 8 heteroatoms. The van der Waals surface area contributed by atoms with Crippen LogP contribution in [-0.2, 0) is 12.7 Å². The molecule has 0 aliphatic heterocycles. The fourth-order valence-electron chi connectivity index (χ4n) is 1.80. The number of hydrogen-bond donors (Lipinski definition) is 2. The molecule has 2 rings (SSSR count). The summed E-state index contributed by atoms with van der Waals surface area (Å²) in [6.45, 7) is 0.176. The van der Waals surface area contributed by atoms with E-state index in [9.17, 15) is 18.0 Å². The van der Waals surface area contributed by atoms with Crippen LogP contribution in [-0.4, -0.2) is 28.1 Å². The fourth-order valence-corrected chi connectivity index (χ4v) is 1.80. The van der Waals surface area contributed by atoms with Crippen molar-refractivity contribution in [2.24, 2.45) is 0 Å². The number of nitrogens with one attached hydrogen (secondary N) is 1. The molecule has 1 heterocycles. The Morgan fingerprint density at radius 1 is 1.33 bits per heavy atom. The van der Waals surface area contributed by atoms with Crippen LogP contribution < -0.4 is 5.73 Å². The number of H-pyrrole nitrogens is 1. The van der Waals surface area contributed by atoms with Crippen molar-refractivity contribution in [3.05, 3.63) is 47.2 Å². The van der Waals surface area contributed by atoms with Gasteiger partial charge in [0.25, 0.3) is 5.91 Å². The van der Waals surface area contributed by atoms with E-state index in [1.54, 1.807) is 0 Å². The number of nitrogens with two attached hydrogens (primary N) is 1. The Morgan fingerprint density at radius 3 is 2.43 bits per heavy atom. The summed E-state index contributed by atoms with van der Waals surface area (Å²) in [5.74, 6) is -0.152. The first-order chi connectivity index (χ1) is 9.77. The van der Waals surface area contributed by atoms with Crippen LogP contribution in [0.4, 0.5) is 19.0 Å². The van der Waals surface area contributed by atoms with Crippen molar-refractivity contribution in [2.45, 2.75) is 12.7 Å². The summed E-state index contributed by atoms with van der Waals surface area (Å²) in [5, 5.41) is 6.13. The maximum atomic E-state index is 12.4. The second-order valence-corrected chi connectivity index (χ2v) is 4.56. The van der Waals surface area contributed by atoms with Gasteiger partial charge in [-0.2, -0.15) is 18.3 Å². The van der Waals surface area contributed by atoms with E-state index in [0.29, 0.717) is 5.56 Å². The average Bonchev–Trinajstić information content (AvgIpc) is 2.84. The first kappa shape index (κ1) is 14.9. The van der Waals surface area contributed by atoms with Gasteiger partial charge in [-0.1, -0.05) is 12.1 Å². The molecule has 3 N–H and O–H groups in total. The second kappa shape index (κ2) is 5.47. The minimum absolute atomic E-state index is 0.176. The Balaban J connectivity index is 2.06. The van der Waals surface area contributed by atoms with Crippen molar-refractivity contribution in [1.29, 1.82) is 0 Å². The highest BCUT2D eigenvalue weighted by atomic mass is 19.4. The Hall–Kier alpha value is -2.51. The molecule has 0 bridgehead atoms. The number of anilines is 1. The van der Waals surface area contributed by atoms with E-state index < -0.39 is 11.7 Å². The van der Waals surface area contributed by atoms with Crippen LogP contribution in [0.15, 0.2) is 30.3 Å². The van der Waals surface area contributed by atoms with Crippen LogP contribution in [0.25, 0.3) is 0 Å². The zero-order valence-corrected chi connectivity index (χ0v) is 11.1. The highest BCUT2D eigenvalue weighted by Crippen LogP contribution is 2.29. The van der Waals surface area contributed by atoms with E-state index in [0.717, 1.165) is 12.1 Å². The zero-order chi connectivity index (χ0) is 15.6. The number of amides is 1. The summed E-state index contributed by atoms with van der Waals surface area (Å²) in [4.78, 5) is 13.4. The largest absolute Gasteiger partial charge is 0.416 e. The topological polar surface area (TPSA) is 75.0 Å². The van der Waals surface area contributed by atoms with Crippen molar-refractivity contribution in [3.63, 3.8) is 0 Å². The van der Waals surface area contributed by atoms with Crippen LogP contribution >= 0.6 is 0 Å². The van der Waals surface area contributed by atoms with Gasteiger partial charge in [0.1, 0.15) is 11.5 Å². The number of alkyl halides is 3. The summed E-state index contributed by atoms with van der Waals surface area (Å²) in [5.41, 5.74) is 5.50. The Labute approximate surface area is 118 Å². The van der Waals surface area contributed by atoms with E-state index >= 15 is 0 Å². The van der Waals surface area contributed by atoms with Gasteiger partial charge in [0.05, 0.1) is 5.56 Å². The number of nitrogen functional groups attached to an aromatic ring is 1. The third-order valence-electron chi connectivity index (χ3n) is 2.88. The lowest BCUT2D eigenvalue weighted by atomic mass is 10.1. The van der Waals surface area contributed by atoms with Gasteiger partial charge in [0.15, 0.2) is 0 Å². The predicted molar refractivity (Wildman–Crippen MR) is 70.2 cm³/mol. The molecule has 0 atom stereocenters. The van der Waals surface area contributed by atoms with Gasteiger partial charge in [-0.05, 0) is 17.7 Å². The van der Waals surface area contributed by atoms with Crippen LogP contribution in [0.2, 0.25) is 0 Å². The summed E-state index contributed by atoms with van der Waals surface area (Å²) in [6.07, 6.45) is -4.37. The van der Waals surface area contributed by atoms with E-state index in [1.807, 2.05) is 0 Å². The molecule has 0 aliphatic carbocycles. The standard InChI is InChI=1S/C13H13F3N4O/c1-20(12(21)10-6-11(17)19-18-10)7-8-2-4-9(5-3-8)13(14,15)16/h2-6H,7H2,1H3,(H3,17,18,19). The monoisotopic (exact) mass is 298 g/mol. The normalized spacial score (nSPS) is 11.4. The average molecular weight is 298 g/mol. The molecule has 0 aliphatic rings. The SMILES string of the molecule is CN(Cc1ccc(C(F)(F)F)cc1)C(=O)c1cc(N)n[nH]1. The van der Waals surface area contributed by atoms with E-state index in [2.05, 4.69) is 10.2 Å². The van der Waals surface area contributed by atoms with E-state index in [4.69, 9.17) is 5.73 Å². The molecule has 0 fully saturated rings. The van der Waals surface area contributed by atoms with E-state index in [-0.39, 0.29) is 24.0 Å². The summed E-state index contributed by atoms with van der Waals surface area (Å²) in [7, 11) is 1.54. The third kappa shape index (κ3) is 3.53. The number of rotatable bonds is 3. The molecule has 112 valence electrons. The number of carbonyl (C=O) groups is 1. The lowest BCUT2D eigenvalue weighted by Crippen LogP contribution is -2.26. The molecule has 0 saturated carbocycles. The third-order valence-corrected chi connectivity index (χ3v) is 2.88. The molecule has 0 radical (unpaired) electrons. The van der Waals surface area contributed by atoms with Gasteiger partial charge in [-0.15, -0.1) is 0 Å². The molecule has 1 amide bonds. The molecule has 1 aromatic heterocycles. The van der Waals surface area contributed by atoms with Gasteiger partial charge in [0.2, 0.25) is 0 Å². The number of benzene rings is 1. The predicted octanol–water partition coefficient (Wildman–Crippen LogP) is 2.28. The number of aromatic amines is 1. The molecule has 0 unspecified atom stereocenters. The fraction of sp³-hybridized carbons (Fsp3) is 0.231. The molecule has 21 heavy (non-hydrogen) atoms. The summed E-state index contributed by atoms with van der Waals surface area (Å²) < 4.78 is 37.3. The second-order valence-electron chi connectivity index (χ2n) is 4.56. The Bertz CT molecular complexity index is 634. The quantitative estimate of drug-likeness (QED) is 0.913. The summed E-state index contributed by atoms with van der Waals surface area (Å²) in [6, 6.07) is 6.05. The lowest BCUT2D eigenvalue weighted by molar-refractivity contribution is -0.137. The smallest absolute Gasteiger partial charge is 0.382 e. The van der Waals surface area contributed by atoms with Gasteiger partial charge in [-0.3, -0.25) is 9.89 Å². The minimum atomic E-state index is -4.37. The van der Waals surface area contributed by atoms with Gasteiger partial charge < -0.3 is 10.6 Å². The highest BCUT2D eigenvalue weighted by Gasteiger charge is 2.30. The molecule has 0 spiro atoms. The van der Waals surface area contributed by atoms with Crippen molar-refractivity contribution in [2.75, 3.05) is 12.8 Å². The van der Waals surface area contributed by atoms with Gasteiger partial charge in [-0.25, -0.2) is 0 Å². The lowest BCUT2D eigenvalue weighted by Gasteiger charge is -2.16.